The number of sulfone groups is 1. The highest BCUT2D eigenvalue weighted by atomic mass is 35.5. The van der Waals surface area contributed by atoms with Gasteiger partial charge in [-0.15, -0.1) is 0 Å². The number of aliphatic hydroxyl groups excluding tert-OH is 1. The van der Waals surface area contributed by atoms with Crippen molar-refractivity contribution in [2.75, 3.05) is 6.61 Å². The van der Waals surface area contributed by atoms with Crippen molar-refractivity contribution in [2.45, 2.75) is 35.0 Å². The summed E-state index contributed by atoms with van der Waals surface area (Å²) >= 11 is 5.90. The van der Waals surface area contributed by atoms with Gasteiger partial charge in [0.05, 0.1) is 29.2 Å². The van der Waals surface area contributed by atoms with Crippen LogP contribution in [0, 0.1) is 34.8 Å². The van der Waals surface area contributed by atoms with E-state index >= 15 is 4.39 Å². The maximum absolute atomic E-state index is 15.1. The van der Waals surface area contributed by atoms with Crippen molar-refractivity contribution in [2.24, 2.45) is 11.8 Å². The molecule has 1 saturated carbocycles. The topological polar surface area (TPSA) is 87.4 Å². The SMILES string of the molecule is N#CC[C@@H]1[C@H](O)CC[C@@]2(S(=O)(=O)c3ccc(Cl)cc3)c3c(F)ccc(F)c3OC[C@@H]12. The van der Waals surface area contributed by atoms with E-state index < -0.39 is 49.9 Å². The monoisotopic (exact) mass is 453 g/mol. The highest BCUT2D eigenvalue weighted by Gasteiger charge is 2.62. The smallest absolute Gasteiger partial charge is 0.188 e. The van der Waals surface area contributed by atoms with Crippen LogP contribution in [0.15, 0.2) is 41.3 Å². The zero-order chi connectivity index (χ0) is 21.7. The predicted octanol–water partition coefficient (Wildman–Crippen LogP) is 3.98. The van der Waals surface area contributed by atoms with Gasteiger partial charge in [-0.25, -0.2) is 17.2 Å². The van der Waals surface area contributed by atoms with E-state index in [1.54, 1.807) is 0 Å². The molecule has 9 heteroatoms. The largest absolute Gasteiger partial charge is 0.490 e. The maximum atomic E-state index is 15.1. The van der Waals surface area contributed by atoms with Gasteiger partial charge in [0.2, 0.25) is 0 Å². The summed E-state index contributed by atoms with van der Waals surface area (Å²) in [6.45, 7) is -0.260. The highest BCUT2D eigenvalue weighted by molar-refractivity contribution is 7.92. The van der Waals surface area contributed by atoms with Crippen molar-refractivity contribution in [1.82, 2.24) is 0 Å². The van der Waals surface area contributed by atoms with Crippen molar-refractivity contribution >= 4 is 21.4 Å². The van der Waals surface area contributed by atoms with Crippen molar-refractivity contribution in [3.8, 4) is 11.8 Å². The molecule has 5 nitrogen and oxygen atoms in total. The molecule has 1 heterocycles. The van der Waals surface area contributed by atoms with E-state index in [1.165, 1.54) is 24.3 Å². The Labute approximate surface area is 177 Å². The minimum atomic E-state index is -4.29. The third-order valence-electron chi connectivity index (χ3n) is 6.24. The molecule has 2 aromatic carbocycles. The maximum Gasteiger partial charge on any atom is 0.188 e. The zero-order valence-corrected chi connectivity index (χ0v) is 17.3. The second kappa shape index (κ2) is 7.49. The third kappa shape index (κ3) is 2.91. The molecule has 0 bridgehead atoms. The summed E-state index contributed by atoms with van der Waals surface area (Å²) in [4.78, 5) is -0.0968. The molecule has 4 atom stereocenters. The number of ether oxygens (including phenoxy) is 1. The summed E-state index contributed by atoms with van der Waals surface area (Å²) in [5.74, 6) is -3.91. The van der Waals surface area contributed by atoms with Crippen molar-refractivity contribution < 1.29 is 27.0 Å². The zero-order valence-electron chi connectivity index (χ0n) is 15.7. The molecule has 1 fully saturated rings. The van der Waals surface area contributed by atoms with Crippen LogP contribution in [-0.2, 0) is 14.6 Å². The van der Waals surface area contributed by atoms with Gasteiger partial charge >= 0.3 is 0 Å². The van der Waals surface area contributed by atoms with Crippen LogP contribution in [-0.4, -0.2) is 26.2 Å². The van der Waals surface area contributed by atoms with E-state index in [-0.39, 0.29) is 36.3 Å². The number of rotatable bonds is 3. The van der Waals surface area contributed by atoms with Gasteiger partial charge < -0.3 is 9.84 Å². The molecule has 158 valence electrons. The lowest BCUT2D eigenvalue weighted by atomic mass is 9.65. The highest BCUT2D eigenvalue weighted by Crippen LogP contribution is 2.58. The molecule has 1 aliphatic heterocycles. The molecule has 2 aromatic rings. The molecule has 4 rings (SSSR count). The van der Waals surface area contributed by atoms with Gasteiger partial charge in [-0.2, -0.15) is 5.26 Å². The van der Waals surface area contributed by atoms with Crippen LogP contribution in [0.5, 0.6) is 5.75 Å². The lowest BCUT2D eigenvalue weighted by Crippen LogP contribution is -2.57. The van der Waals surface area contributed by atoms with Crippen LogP contribution in [0.25, 0.3) is 0 Å². The van der Waals surface area contributed by atoms with Gasteiger partial charge in [-0.3, -0.25) is 0 Å². The molecule has 0 radical (unpaired) electrons. The number of hydrogen-bond donors (Lipinski definition) is 1. The minimum absolute atomic E-state index is 0.0189. The molecule has 2 aliphatic rings. The van der Waals surface area contributed by atoms with Crippen LogP contribution < -0.4 is 4.74 Å². The molecular weight excluding hydrogens is 436 g/mol. The van der Waals surface area contributed by atoms with Crippen LogP contribution >= 0.6 is 11.6 Å². The van der Waals surface area contributed by atoms with Crippen molar-refractivity contribution in [1.29, 1.82) is 5.26 Å². The van der Waals surface area contributed by atoms with E-state index in [0.717, 1.165) is 12.1 Å². The summed E-state index contributed by atoms with van der Waals surface area (Å²) in [5, 5.41) is 20.1. The van der Waals surface area contributed by atoms with Crippen LogP contribution in [0.4, 0.5) is 8.78 Å². The Morgan fingerprint density at radius 2 is 1.87 bits per heavy atom. The molecule has 0 aromatic heterocycles. The summed E-state index contributed by atoms with van der Waals surface area (Å²) < 4.78 is 61.2. The van der Waals surface area contributed by atoms with Gasteiger partial charge in [0.15, 0.2) is 21.4 Å². The number of benzene rings is 2. The second-order valence-electron chi connectivity index (χ2n) is 7.63. The minimum Gasteiger partial charge on any atom is -0.490 e. The van der Waals surface area contributed by atoms with Crippen LogP contribution in [0.2, 0.25) is 5.02 Å². The Balaban J connectivity index is 2.04. The number of hydrogen-bond acceptors (Lipinski definition) is 5. The molecular formula is C21H18ClF2NO4S. The summed E-state index contributed by atoms with van der Waals surface area (Å²) in [7, 11) is -4.29. The predicted molar refractivity (Wildman–Crippen MR) is 105 cm³/mol. The Morgan fingerprint density at radius 1 is 1.20 bits per heavy atom. The van der Waals surface area contributed by atoms with E-state index in [4.69, 9.17) is 16.3 Å². The van der Waals surface area contributed by atoms with Crippen LogP contribution in [0.1, 0.15) is 24.8 Å². The van der Waals surface area contributed by atoms with Gasteiger partial charge in [0.1, 0.15) is 10.6 Å². The van der Waals surface area contributed by atoms with E-state index in [2.05, 4.69) is 0 Å². The normalized spacial score (nSPS) is 28.0. The summed E-state index contributed by atoms with van der Waals surface area (Å²) in [6, 6.07) is 9.20. The molecule has 30 heavy (non-hydrogen) atoms. The molecule has 0 spiro atoms. The number of halogens is 3. The van der Waals surface area contributed by atoms with E-state index in [1.807, 2.05) is 6.07 Å². The second-order valence-corrected chi connectivity index (χ2v) is 10.3. The first-order valence-electron chi connectivity index (χ1n) is 9.40. The Kier molecular flexibility index (Phi) is 5.25. The lowest BCUT2D eigenvalue weighted by Gasteiger charge is -2.51. The number of aliphatic hydroxyl groups is 1. The Morgan fingerprint density at radius 3 is 2.53 bits per heavy atom. The number of nitrogens with zero attached hydrogens (tertiary/aromatic N) is 1. The van der Waals surface area contributed by atoms with Crippen LogP contribution in [0.3, 0.4) is 0 Å². The fourth-order valence-electron chi connectivity index (χ4n) is 4.86. The molecule has 0 saturated heterocycles. The average Bonchev–Trinajstić information content (AvgIpc) is 2.72. The van der Waals surface area contributed by atoms with Gasteiger partial charge in [-0.1, -0.05) is 11.6 Å². The lowest BCUT2D eigenvalue weighted by molar-refractivity contribution is -0.0182. The Bertz CT molecular complexity index is 1130. The molecule has 1 N–H and O–H groups in total. The number of nitriles is 1. The van der Waals surface area contributed by atoms with Crippen molar-refractivity contribution in [3.63, 3.8) is 0 Å². The van der Waals surface area contributed by atoms with Crippen molar-refractivity contribution in [3.05, 3.63) is 58.6 Å². The van der Waals surface area contributed by atoms with E-state index in [9.17, 15) is 23.2 Å². The first-order chi connectivity index (χ1) is 14.2. The Hall–Kier alpha value is -2.21. The van der Waals surface area contributed by atoms with Gasteiger partial charge in [-0.05, 0) is 49.2 Å². The summed E-state index contributed by atoms with van der Waals surface area (Å²) in [6.07, 6.45) is -1.21. The van der Waals surface area contributed by atoms with Gasteiger partial charge in [0.25, 0.3) is 0 Å². The molecule has 0 amide bonds. The molecule has 1 aliphatic carbocycles. The van der Waals surface area contributed by atoms with E-state index in [0.29, 0.717) is 5.02 Å². The average molecular weight is 454 g/mol. The van der Waals surface area contributed by atoms with Gasteiger partial charge in [0, 0.05) is 23.3 Å². The standard InChI is InChI=1S/C21H18ClF2NO4S/c22-12-1-3-13(4-2-12)30(27,28)21-9-7-18(26)14(8-10-25)15(21)11-29-20-17(24)6-5-16(23)19(20)21/h1-6,14-15,18,26H,7-9,11H2/t14-,15-,18+,21-/m0/s1. The fourth-order valence-corrected chi connectivity index (χ4v) is 7.39. The first kappa shape index (κ1) is 21.0. The number of fused-ring (bicyclic) bond motifs is 3. The quantitative estimate of drug-likeness (QED) is 0.759. The summed E-state index contributed by atoms with van der Waals surface area (Å²) in [5.41, 5.74) is -0.372. The molecule has 0 unspecified atom stereocenters. The first-order valence-corrected chi connectivity index (χ1v) is 11.3. The third-order valence-corrected chi connectivity index (χ3v) is 9.06. The fraction of sp³-hybridized carbons (Fsp3) is 0.381.